The van der Waals surface area contributed by atoms with Crippen LogP contribution in [-0.2, 0) is 12.7 Å². The third-order valence-corrected chi connectivity index (χ3v) is 5.25. The van der Waals surface area contributed by atoms with E-state index in [4.69, 9.17) is 5.10 Å². The molecule has 2 N–H and O–H groups in total. The number of rotatable bonds is 5. The second-order valence-corrected chi connectivity index (χ2v) is 7.29. The first-order valence-electron chi connectivity index (χ1n) is 9.75. The van der Waals surface area contributed by atoms with Crippen molar-refractivity contribution < 1.29 is 13.2 Å². The minimum atomic E-state index is -4.30. The van der Waals surface area contributed by atoms with Crippen molar-refractivity contribution >= 4 is 5.69 Å². The molecule has 152 valence electrons. The van der Waals surface area contributed by atoms with Gasteiger partial charge in [-0.15, -0.1) is 0 Å². The van der Waals surface area contributed by atoms with Crippen LogP contribution in [-0.4, -0.2) is 22.9 Å². The zero-order valence-electron chi connectivity index (χ0n) is 15.9. The summed E-state index contributed by atoms with van der Waals surface area (Å²) in [6.45, 7) is 2.51. The standard InChI is InChI=1S/C22H23F3N4/c23-22(24,25)18-5-1-16(2-6-18)15-27-19-7-3-17(4-8-19)21-11-14-29(28-21)20-9-12-26-13-10-20/h1-8,11,14,20,26-27H,9-10,12-13,15H2. The maximum atomic E-state index is 12.6. The van der Waals surface area contributed by atoms with Gasteiger partial charge in [0.25, 0.3) is 0 Å². The minimum Gasteiger partial charge on any atom is -0.381 e. The van der Waals surface area contributed by atoms with Crippen molar-refractivity contribution in [1.82, 2.24) is 15.1 Å². The fourth-order valence-electron chi connectivity index (χ4n) is 3.54. The van der Waals surface area contributed by atoms with Crippen molar-refractivity contribution in [2.75, 3.05) is 18.4 Å². The molecule has 1 saturated heterocycles. The zero-order chi connectivity index (χ0) is 20.3. The normalized spacial score (nSPS) is 15.4. The van der Waals surface area contributed by atoms with E-state index in [9.17, 15) is 13.2 Å². The Morgan fingerprint density at radius 2 is 1.66 bits per heavy atom. The van der Waals surface area contributed by atoms with Crippen LogP contribution in [0.1, 0.15) is 30.0 Å². The first kappa shape index (κ1) is 19.5. The molecule has 1 aliphatic heterocycles. The number of hydrogen-bond donors (Lipinski definition) is 2. The summed E-state index contributed by atoms with van der Waals surface area (Å²) in [5.74, 6) is 0. The predicted octanol–water partition coefficient (Wildman–Crippen LogP) is 5.11. The van der Waals surface area contributed by atoms with Crippen LogP contribution in [0.5, 0.6) is 0 Å². The summed E-state index contributed by atoms with van der Waals surface area (Å²) in [4.78, 5) is 0. The number of benzene rings is 2. The van der Waals surface area contributed by atoms with Crippen LogP contribution in [0.3, 0.4) is 0 Å². The summed E-state index contributed by atoms with van der Waals surface area (Å²) in [6.07, 6.45) is -0.0768. The van der Waals surface area contributed by atoms with Crippen molar-refractivity contribution in [3.63, 3.8) is 0 Å². The average Bonchev–Trinajstić information content (AvgIpc) is 3.23. The third kappa shape index (κ3) is 4.79. The highest BCUT2D eigenvalue weighted by molar-refractivity contribution is 5.62. The molecule has 3 aromatic rings. The van der Waals surface area contributed by atoms with Crippen LogP contribution in [0.15, 0.2) is 60.8 Å². The molecule has 0 saturated carbocycles. The fraction of sp³-hybridized carbons (Fsp3) is 0.318. The molecule has 0 radical (unpaired) electrons. The molecule has 7 heteroatoms. The van der Waals surface area contributed by atoms with Gasteiger partial charge in [-0.2, -0.15) is 18.3 Å². The summed E-state index contributed by atoms with van der Waals surface area (Å²) < 4.78 is 40.0. The van der Waals surface area contributed by atoms with E-state index >= 15 is 0 Å². The number of aromatic nitrogens is 2. The Hall–Kier alpha value is -2.80. The van der Waals surface area contributed by atoms with Crippen molar-refractivity contribution in [2.45, 2.75) is 31.6 Å². The highest BCUT2D eigenvalue weighted by atomic mass is 19.4. The lowest BCUT2D eigenvalue weighted by Crippen LogP contribution is -2.29. The lowest BCUT2D eigenvalue weighted by atomic mass is 10.1. The summed E-state index contributed by atoms with van der Waals surface area (Å²) >= 11 is 0. The van der Waals surface area contributed by atoms with Gasteiger partial charge in [0.15, 0.2) is 0 Å². The van der Waals surface area contributed by atoms with Gasteiger partial charge in [0, 0.05) is 24.0 Å². The van der Waals surface area contributed by atoms with E-state index in [1.807, 2.05) is 36.5 Å². The van der Waals surface area contributed by atoms with Gasteiger partial charge in [-0.3, -0.25) is 4.68 Å². The topological polar surface area (TPSA) is 41.9 Å². The first-order chi connectivity index (χ1) is 14.0. The summed E-state index contributed by atoms with van der Waals surface area (Å²) in [5.41, 5.74) is 3.05. The molecule has 0 atom stereocenters. The Bertz CT molecular complexity index is 924. The molecule has 1 aliphatic rings. The van der Waals surface area contributed by atoms with E-state index in [0.29, 0.717) is 12.6 Å². The molecular weight excluding hydrogens is 377 g/mol. The molecule has 0 bridgehead atoms. The zero-order valence-corrected chi connectivity index (χ0v) is 15.9. The largest absolute Gasteiger partial charge is 0.416 e. The Balaban J connectivity index is 1.36. The highest BCUT2D eigenvalue weighted by Gasteiger charge is 2.29. The third-order valence-electron chi connectivity index (χ3n) is 5.25. The maximum absolute atomic E-state index is 12.6. The van der Waals surface area contributed by atoms with Gasteiger partial charge in [-0.1, -0.05) is 24.3 Å². The van der Waals surface area contributed by atoms with Gasteiger partial charge in [0.2, 0.25) is 0 Å². The monoisotopic (exact) mass is 400 g/mol. The van der Waals surface area contributed by atoms with Crippen molar-refractivity contribution in [3.05, 3.63) is 71.9 Å². The maximum Gasteiger partial charge on any atom is 0.416 e. The number of anilines is 1. The van der Waals surface area contributed by atoms with Crippen LogP contribution in [0.2, 0.25) is 0 Å². The molecule has 4 rings (SSSR count). The quantitative estimate of drug-likeness (QED) is 0.626. The van der Waals surface area contributed by atoms with Crippen LogP contribution < -0.4 is 10.6 Å². The summed E-state index contributed by atoms with van der Waals surface area (Å²) in [6, 6.07) is 15.6. The van der Waals surface area contributed by atoms with Gasteiger partial charge < -0.3 is 10.6 Å². The van der Waals surface area contributed by atoms with Gasteiger partial charge >= 0.3 is 6.18 Å². The van der Waals surface area contributed by atoms with Crippen molar-refractivity contribution in [2.24, 2.45) is 0 Å². The van der Waals surface area contributed by atoms with Crippen LogP contribution in [0.4, 0.5) is 18.9 Å². The van der Waals surface area contributed by atoms with Crippen LogP contribution in [0.25, 0.3) is 11.3 Å². The predicted molar refractivity (Wildman–Crippen MR) is 108 cm³/mol. The summed E-state index contributed by atoms with van der Waals surface area (Å²) in [7, 11) is 0. The van der Waals surface area contributed by atoms with Gasteiger partial charge in [-0.05, 0) is 61.8 Å². The lowest BCUT2D eigenvalue weighted by molar-refractivity contribution is -0.137. The molecule has 4 nitrogen and oxygen atoms in total. The average molecular weight is 400 g/mol. The van der Waals surface area contributed by atoms with Crippen molar-refractivity contribution in [3.8, 4) is 11.3 Å². The Kier molecular flexibility index (Phi) is 5.58. The molecule has 1 fully saturated rings. The highest BCUT2D eigenvalue weighted by Crippen LogP contribution is 2.29. The molecule has 1 aromatic heterocycles. The van der Waals surface area contributed by atoms with E-state index in [-0.39, 0.29) is 0 Å². The molecule has 2 heterocycles. The smallest absolute Gasteiger partial charge is 0.381 e. The second kappa shape index (κ2) is 8.29. The molecule has 29 heavy (non-hydrogen) atoms. The molecule has 0 unspecified atom stereocenters. The summed E-state index contributed by atoms with van der Waals surface area (Å²) in [5, 5.41) is 11.3. The first-order valence-corrected chi connectivity index (χ1v) is 9.75. The molecule has 2 aromatic carbocycles. The number of nitrogens with one attached hydrogen (secondary N) is 2. The van der Waals surface area contributed by atoms with E-state index in [2.05, 4.69) is 15.3 Å². The van der Waals surface area contributed by atoms with Gasteiger partial charge in [0.1, 0.15) is 0 Å². The van der Waals surface area contributed by atoms with Crippen LogP contribution >= 0.6 is 0 Å². The fourth-order valence-corrected chi connectivity index (χ4v) is 3.54. The van der Waals surface area contributed by atoms with E-state index < -0.39 is 11.7 Å². The van der Waals surface area contributed by atoms with E-state index in [1.54, 1.807) is 0 Å². The van der Waals surface area contributed by atoms with Crippen molar-refractivity contribution in [1.29, 1.82) is 0 Å². The number of alkyl halides is 3. The number of halogens is 3. The molecule has 0 spiro atoms. The van der Waals surface area contributed by atoms with Gasteiger partial charge in [-0.25, -0.2) is 0 Å². The second-order valence-electron chi connectivity index (χ2n) is 7.29. The Morgan fingerprint density at radius 3 is 2.31 bits per heavy atom. The van der Waals surface area contributed by atoms with Crippen LogP contribution in [0, 0.1) is 0 Å². The Labute approximate surface area is 167 Å². The van der Waals surface area contributed by atoms with Gasteiger partial charge in [0.05, 0.1) is 17.3 Å². The lowest BCUT2D eigenvalue weighted by Gasteiger charge is -2.22. The van der Waals surface area contributed by atoms with E-state index in [1.165, 1.54) is 12.1 Å². The molecular formula is C22H23F3N4. The number of piperidine rings is 1. The minimum absolute atomic E-state index is 0.453. The SMILES string of the molecule is FC(F)(F)c1ccc(CNc2ccc(-c3ccn(C4CCNCC4)n3)cc2)cc1. The Morgan fingerprint density at radius 1 is 0.966 bits per heavy atom. The molecule has 0 amide bonds. The van der Waals surface area contributed by atoms with E-state index in [0.717, 1.165) is 60.6 Å². The number of hydrogen-bond acceptors (Lipinski definition) is 3. The number of nitrogens with zero attached hydrogens (tertiary/aromatic N) is 2. The molecule has 0 aliphatic carbocycles.